The monoisotopic (exact) mass is 620 g/mol. The number of imide groups is 1. The number of hydrogen-bond acceptors (Lipinski definition) is 7. The molecular weight excluding hydrogens is 599 g/mol. The largest absolute Gasteiger partial charge is 0.422 e. The van der Waals surface area contributed by atoms with E-state index in [9.17, 15) is 24.0 Å². The minimum absolute atomic E-state index is 0.00381. The number of nitrogens with zero attached hydrogens (tertiary/aromatic N) is 2. The summed E-state index contributed by atoms with van der Waals surface area (Å²) in [6.07, 6.45) is 5.07. The maximum atomic E-state index is 13.9. The zero-order valence-corrected chi connectivity index (χ0v) is 24.1. The molecule has 1 saturated heterocycles. The van der Waals surface area contributed by atoms with Crippen LogP contribution in [0.3, 0.4) is 0 Å². The van der Waals surface area contributed by atoms with E-state index in [-0.39, 0.29) is 33.7 Å². The third kappa shape index (κ3) is 4.38. The maximum Gasteiger partial charge on any atom is 0.353 e. The van der Waals surface area contributed by atoms with Gasteiger partial charge in [0.2, 0.25) is 0 Å². The van der Waals surface area contributed by atoms with Crippen molar-refractivity contribution in [3.63, 3.8) is 0 Å². The van der Waals surface area contributed by atoms with Gasteiger partial charge < -0.3 is 4.74 Å². The molecule has 0 spiro atoms. The second kappa shape index (κ2) is 10.2. The summed E-state index contributed by atoms with van der Waals surface area (Å²) in [5.74, 6) is -2.99. The number of halogens is 2. The predicted octanol–water partition coefficient (Wildman–Crippen LogP) is 5.57. The highest BCUT2D eigenvalue weighted by molar-refractivity contribution is 7.12. The predicted molar refractivity (Wildman–Crippen MR) is 154 cm³/mol. The molecule has 42 heavy (non-hydrogen) atoms. The van der Waals surface area contributed by atoms with Crippen LogP contribution in [-0.2, 0) is 9.59 Å². The summed E-state index contributed by atoms with van der Waals surface area (Å²) >= 11 is 13.6. The molecule has 2 aromatic carbocycles. The molecular formula is C31H22Cl2N2O6S. The Morgan fingerprint density at radius 1 is 0.929 bits per heavy atom. The summed E-state index contributed by atoms with van der Waals surface area (Å²) in [6.45, 7) is -0.585. The molecule has 2 heterocycles. The van der Waals surface area contributed by atoms with Crippen molar-refractivity contribution in [3.8, 4) is 5.75 Å². The van der Waals surface area contributed by atoms with Gasteiger partial charge in [-0.3, -0.25) is 19.2 Å². The molecule has 0 N–H and O–H groups in total. The van der Waals surface area contributed by atoms with Crippen LogP contribution in [0.25, 0.3) is 0 Å². The quantitative estimate of drug-likeness (QED) is 0.113. The lowest BCUT2D eigenvalue weighted by Crippen LogP contribution is -2.52. The summed E-state index contributed by atoms with van der Waals surface area (Å²) in [5.41, 5.74) is 0.203. The highest BCUT2D eigenvalue weighted by atomic mass is 35.5. The Morgan fingerprint density at radius 3 is 2.19 bits per heavy atom. The van der Waals surface area contributed by atoms with Crippen LogP contribution in [0.2, 0.25) is 10.0 Å². The van der Waals surface area contributed by atoms with E-state index in [1.165, 1.54) is 53.8 Å². The lowest BCUT2D eigenvalue weighted by molar-refractivity contribution is -0.154. The van der Waals surface area contributed by atoms with Crippen molar-refractivity contribution in [1.82, 2.24) is 10.0 Å². The second-order valence-electron chi connectivity index (χ2n) is 10.9. The summed E-state index contributed by atoms with van der Waals surface area (Å²) in [7, 11) is 0. The number of hydrazine groups is 1. The number of benzene rings is 2. The number of ether oxygens (including phenoxy) is 1. The minimum atomic E-state index is -0.766. The van der Waals surface area contributed by atoms with Gasteiger partial charge in [0, 0.05) is 10.6 Å². The number of amides is 3. The molecule has 1 aromatic heterocycles. The zero-order valence-electron chi connectivity index (χ0n) is 21.8. The van der Waals surface area contributed by atoms with Crippen LogP contribution in [0.15, 0.2) is 72.1 Å². The molecule has 3 fully saturated rings. The Balaban J connectivity index is 1.17. The van der Waals surface area contributed by atoms with Crippen LogP contribution >= 0.6 is 34.5 Å². The van der Waals surface area contributed by atoms with E-state index in [0.717, 1.165) is 16.4 Å². The molecule has 2 bridgehead atoms. The van der Waals surface area contributed by atoms with Crippen LogP contribution in [0.1, 0.15) is 36.8 Å². The summed E-state index contributed by atoms with van der Waals surface area (Å²) in [4.78, 5) is 67.8. The number of carbonyl (C=O) groups is 5. The number of ketones is 1. The van der Waals surface area contributed by atoms with E-state index in [2.05, 4.69) is 0 Å². The van der Waals surface area contributed by atoms with Crippen molar-refractivity contribution >= 4 is 64.0 Å². The Bertz CT molecular complexity index is 1650. The minimum Gasteiger partial charge on any atom is -0.422 e. The molecule has 0 unspecified atom stereocenters. The fraction of sp³-hybridized carbons (Fsp3) is 0.258. The van der Waals surface area contributed by atoms with E-state index in [4.69, 9.17) is 27.9 Å². The summed E-state index contributed by atoms with van der Waals surface area (Å²) in [5, 5.41) is 3.88. The average Bonchev–Trinajstić information content (AvgIpc) is 3.54. The standard InChI is InChI=1S/C31H22Cl2N2O6S/c32-16-5-8-20(23(33)12-16)28(37)34(35-29(38)26-18-9-10-19(22-13-21(18)22)27(26)30(35)39)14-24(36)15-3-6-17(7-4-15)41-31(40)25-2-1-11-42-25/h1-12,18-19,21-22,26-27H,13-14H2/t18-,19-,21-,22+,26-,27+/m0/s1. The molecule has 8 nitrogen and oxygen atoms in total. The molecule has 2 saturated carbocycles. The Morgan fingerprint density at radius 2 is 1.60 bits per heavy atom. The molecule has 11 heteroatoms. The van der Waals surface area contributed by atoms with Crippen molar-refractivity contribution in [2.24, 2.45) is 35.5 Å². The van der Waals surface area contributed by atoms with E-state index in [1.54, 1.807) is 17.5 Å². The van der Waals surface area contributed by atoms with Gasteiger partial charge in [0.05, 0.1) is 22.4 Å². The molecule has 0 radical (unpaired) electrons. The molecule has 8 rings (SSSR count). The van der Waals surface area contributed by atoms with E-state index < -0.39 is 47.9 Å². The summed E-state index contributed by atoms with van der Waals surface area (Å²) in [6, 6.07) is 13.5. The molecule has 1 aliphatic heterocycles. The van der Waals surface area contributed by atoms with E-state index in [1.807, 2.05) is 12.2 Å². The Hall–Kier alpha value is -3.79. The summed E-state index contributed by atoms with van der Waals surface area (Å²) < 4.78 is 5.36. The van der Waals surface area contributed by atoms with Crippen LogP contribution < -0.4 is 4.74 Å². The average molecular weight is 621 g/mol. The number of hydrogen-bond donors (Lipinski definition) is 0. The smallest absolute Gasteiger partial charge is 0.353 e. The number of allylic oxidation sites excluding steroid dienone is 2. The number of Topliss-reactive ketones (excluding diaryl/α,β-unsaturated/α-hetero) is 1. The van der Waals surface area contributed by atoms with Gasteiger partial charge in [0.25, 0.3) is 17.7 Å². The van der Waals surface area contributed by atoms with Crippen molar-refractivity contribution in [2.75, 3.05) is 6.54 Å². The fourth-order valence-electron chi connectivity index (χ4n) is 6.70. The first kappa shape index (κ1) is 27.1. The molecule has 5 aliphatic rings. The molecule has 6 atom stereocenters. The van der Waals surface area contributed by atoms with Gasteiger partial charge in [-0.15, -0.1) is 11.3 Å². The topological polar surface area (TPSA) is 101 Å². The first-order valence-corrected chi connectivity index (χ1v) is 15.1. The maximum absolute atomic E-state index is 13.9. The Labute approximate surface area is 254 Å². The van der Waals surface area contributed by atoms with Gasteiger partial charge in [-0.25, -0.2) is 9.80 Å². The first-order valence-electron chi connectivity index (χ1n) is 13.4. The normalized spacial score (nSPS) is 26.6. The third-order valence-electron chi connectivity index (χ3n) is 8.68. The zero-order chi connectivity index (χ0) is 29.3. The van der Waals surface area contributed by atoms with Crippen LogP contribution in [0.4, 0.5) is 0 Å². The lowest BCUT2D eigenvalue weighted by atomic mass is 9.63. The SMILES string of the molecule is O=C(CN(C(=O)c1ccc(Cl)cc1Cl)N1C(=O)[C@@H]2[C@H]3C=C[C@@H]([C@@H]4C[C@H]34)[C@@H]2C1=O)c1ccc(OC(=O)c2cccs2)cc1. The van der Waals surface area contributed by atoms with Gasteiger partial charge >= 0.3 is 5.97 Å². The van der Waals surface area contributed by atoms with E-state index >= 15 is 0 Å². The van der Waals surface area contributed by atoms with Crippen molar-refractivity contribution in [1.29, 1.82) is 0 Å². The number of esters is 1. The van der Waals surface area contributed by atoms with Crippen LogP contribution in [0.5, 0.6) is 5.75 Å². The van der Waals surface area contributed by atoms with Gasteiger partial charge in [-0.05, 0) is 84.0 Å². The third-order valence-corrected chi connectivity index (χ3v) is 10.1. The number of carbonyl (C=O) groups excluding carboxylic acids is 5. The molecule has 3 amide bonds. The number of rotatable bonds is 7. The van der Waals surface area contributed by atoms with Crippen LogP contribution in [-0.4, -0.2) is 46.0 Å². The highest BCUT2D eigenvalue weighted by Crippen LogP contribution is 2.65. The van der Waals surface area contributed by atoms with Gasteiger partial charge in [0.15, 0.2) is 5.78 Å². The first-order chi connectivity index (χ1) is 20.2. The van der Waals surface area contributed by atoms with Crippen molar-refractivity contribution in [3.05, 3.63) is 98.2 Å². The Kier molecular flexibility index (Phi) is 6.56. The van der Waals surface area contributed by atoms with Gasteiger partial charge in [-0.2, -0.15) is 5.01 Å². The molecule has 4 aliphatic carbocycles. The molecule has 3 aromatic rings. The second-order valence-corrected chi connectivity index (χ2v) is 12.7. The van der Waals surface area contributed by atoms with Gasteiger partial charge in [-0.1, -0.05) is 41.4 Å². The highest BCUT2D eigenvalue weighted by Gasteiger charge is 2.68. The van der Waals surface area contributed by atoms with Gasteiger partial charge in [0.1, 0.15) is 17.2 Å². The van der Waals surface area contributed by atoms with E-state index in [0.29, 0.717) is 21.7 Å². The fourth-order valence-corrected chi connectivity index (χ4v) is 7.79. The molecule has 212 valence electrons. The van der Waals surface area contributed by atoms with Crippen molar-refractivity contribution in [2.45, 2.75) is 6.42 Å². The number of thiophene rings is 1. The van der Waals surface area contributed by atoms with Crippen molar-refractivity contribution < 1.29 is 28.7 Å². The van der Waals surface area contributed by atoms with Crippen LogP contribution in [0, 0.1) is 35.5 Å². The lowest BCUT2D eigenvalue weighted by Gasteiger charge is -2.37.